The van der Waals surface area contributed by atoms with Crippen LogP contribution in [0.1, 0.15) is 29.2 Å². The van der Waals surface area contributed by atoms with Crippen molar-refractivity contribution < 1.29 is 14.6 Å². The summed E-state index contributed by atoms with van der Waals surface area (Å²) in [6.45, 7) is 3.95. The average Bonchev–Trinajstić information content (AvgIpc) is 2.64. The second-order valence-electron chi connectivity index (χ2n) is 4.11. The number of methoxy groups -OCH3 is 1. The molecule has 0 radical (unpaired) electrons. The molecule has 0 saturated carbocycles. The third-order valence-electron chi connectivity index (χ3n) is 2.09. The summed E-state index contributed by atoms with van der Waals surface area (Å²) in [7, 11) is 1.34. The summed E-state index contributed by atoms with van der Waals surface area (Å²) in [6, 6.07) is 0. The van der Waals surface area contributed by atoms with Crippen molar-refractivity contribution in [2.45, 2.75) is 20.3 Å². The number of nitrogens with zero attached hydrogens (tertiary/aromatic N) is 1. The van der Waals surface area contributed by atoms with Crippen LogP contribution in [0, 0.1) is 5.41 Å². The highest BCUT2D eigenvalue weighted by atomic mass is 32.1. The molecular formula is C10H15NO3S. The molecule has 15 heavy (non-hydrogen) atoms. The predicted octanol–water partition coefficient (Wildman–Crippen LogP) is 1.49. The Bertz CT molecular complexity index is 346. The lowest BCUT2D eigenvalue weighted by Crippen LogP contribution is -2.20. The summed E-state index contributed by atoms with van der Waals surface area (Å²) < 4.78 is 4.63. The SMILES string of the molecule is COC(=O)c1ncsc1CC(C)(C)CO. The molecule has 1 N–H and O–H groups in total. The minimum absolute atomic E-state index is 0.0749. The fourth-order valence-corrected chi connectivity index (χ4v) is 2.16. The predicted molar refractivity (Wildman–Crippen MR) is 58.0 cm³/mol. The van der Waals surface area contributed by atoms with Gasteiger partial charge in [-0.3, -0.25) is 0 Å². The van der Waals surface area contributed by atoms with Crippen molar-refractivity contribution in [3.05, 3.63) is 16.1 Å². The maximum absolute atomic E-state index is 11.3. The van der Waals surface area contributed by atoms with E-state index in [2.05, 4.69) is 9.72 Å². The number of rotatable bonds is 4. The zero-order chi connectivity index (χ0) is 11.5. The van der Waals surface area contributed by atoms with Crippen LogP contribution in [0.25, 0.3) is 0 Å². The van der Waals surface area contributed by atoms with Crippen molar-refractivity contribution in [3.8, 4) is 0 Å². The Balaban J connectivity index is 2.87. The van der Waals surface area contributed by atoms with Crippen LogP contribution < -0.4 is 0 Å². The zero-order valence-electron chi connectivity index (χ0n) is 9.11. The molecule has 0 aliphatic rings. The maximum Gasteiger partial charge on any atom is 0.357 e. The summed E-state index contributed by atoms with van der Waals surface area (Å²) in [4.78, 5) is 16.2. The van der Waals surface area contributed by atoms with Gasteiger partial charge in [0.1, 0.15) is 0 Å². The standard InChI is InChI=1S/C10H15NO3S/c1-10(2,5-12)4-7-8(9(13)14-3)11-6-15-7/h6,12H,4-5H2,1-3H3. The van der Waals surface area contributed by atoms with Crippen LogP contribution >= 0.6 is 11.3 Å². The Morgan fingerprint density at radius 2 is 2.33 bits per heavy atom. The van der Waals surface area contributed by atoms with E-state index in [4.69, 9.17) is 5.11 Å². The molecular weight excluding hydrogens is 214 g/mol. The number of aliphatic hydroxyl groups excluding tert-OH is 1. The molecule has 84 valence electrons. The van der Waals surface area contributed by atoms with Crippen molar-refractivity contribution >= 4 is 17.3 Å². The first-order valence-corrected chi connectivity index (χ1v) is 5.49. The van der Waals surface area contributed by atoms with Gasteiger partial charge in [-0.15, -0.1) is 11.3 Å². The number of aromatic nitrogens is 1. The maximum atomic E-state index is 11.3. The molecule has 0 amide bonds. The molecule has 0 fully saturated rings. The van der Waals surface area contributed by atoms with Crippen LogP contribution in [-0.4, -0.2) is 29.8 Å². The fraction of sp³-hybridized carbons (Fsp3) is 0.600. The van der Waals surface area contributed by atoms with Crippen molar-refractivity contribution in [2.75, 3.05) is 13.7 Å². The molecule has 5 heteroatoms. The Labute approximate surface area is 92.9 Å². The van der Waals surface area contributed by atoms with E-state index < -0.39 is 5.97 Å². The van der Waals surface area contributed by atoms with E-state index in [9.17, 15) is 4.79 Å². The van der Waals surface area contributed by atoms with E-state index >= 15 is 0 Å². The number of thiazole rings is 1. The Kier molecular flexibility index (Phi) is 3.82. The van der Waals surface area contributed by atoms with E-state index in [0.717, 1.165) is 4.88 Å². The first kappa shape index (κ1) is 12.1. The quantitative estimate of drug-likeness (QED) is 0.795. The number of hydrogen-bond acceptors (Lipinski definition) is 5. The summed E-state index contributed by atoms with van der Waals surface area (Å²) in [5.41, 5.74) is 1.74. The summed E-state index contributed by atoms with van der Waals surface area (Å²) in [5, 5.41) is 9.15. The van der Waals surface area contributed by atoms with Gasteiger partial charge in [-0.1, -0.05) is 13.8 Å². The molecule has 0 aliphatic heterocycles. The fourth-order valence-electron chi connectivity index (χ4n) is 1.15. The normalized spacial score (nSPS) is 11.5. The van der Waals surface area contributed by atoms with Crippen LogP contribution in [0.2, 0.25) is 0 Å². The average molecular weight is 229 g/mol. The van der Waals surface area contributed by atoms with E-state index in [-0.39, 0.29) is 12.0 Å². The van der Waals surface area contributed by atoms with Crippen molar-refractivity contribution in [1.82, 2.24) is 4.98 Å². The van der Waals surface area contributed by atoms with Gasteiger partial charge >= 0.3 is 5.97 Å². The van der Waals surface area contributed by atoms with Crippen LogP contribution in [0.3, 0.4) is 0 Å². The first-order chi connectivity index (χ1) is 7.00. The van der Waals surface area contributed by atoms with Crippen LogP contribution in [0.15, 0.2) is 5.51 Å². The van der Waals surface area contributed by atoms with Gasteiger partial charge in [0.05, 0.1) is 12.6 Å². The van der Waals surface area contributed by atoms with Gasteiger partial charge in [0.15, 0.2) is 5.69 Å². The molecule has 0 saturated heterocycles. The number of aliphatic hydroxyl groups is 1. The minimum atomic E-state index is -0.417. The monoisotopic (exact) mass is 229 g/mol. The molecule has 1 aromatic heterocycles. The highest BCUT2D eigenvalue weighted by Gasteiger charge is 2.23. The van der Waals surface area contributed by atoms with Gasteiger partial charge in [-0.2, -0.15) is 0 Å². The topological polar surface area (TPSA) is 59.4 Å². The van der Waals surface area contributed by atoms with Crippen molar-refractivity contribution in [1.29, 1.82) is 0 Å². The largest absolute Gasteiger partial charge is 0.464 e. The van der Waals surface area contributed by atoms with Crippen molar-refractivity contribution in [3.63, 3.8) is 0 Å². The number of hydrogen-bond donors (Lipinski definition) is 1. The lowest BCUT2D eigenvalue weighted by molar-refractivity contribution is 0.0592. The lowest BCUT2D eigenvalue weighted by Gasteiger charge is -2.20. The van der Waals surface area contributed by atoms with Crippen molar-refractivity contribution in [2.24, 2.45) is 5.41 Å². The molecule has 1 heterocycles. The third kappa shape index (κ3) is 3.00. The Morgan fingerprint density at radius 3 is 2.87 bits per heavy atom. The second kappa shape index (κ2) is 4.72. The molecule has 0 atom stereocenters. The van der Waals surface area contributed by atoms with Crippen LogP contribution in [0.4, 0.5) is 0 Å². The highest BCUT2D eigenvalue weighted by Crippen LogP contribution is 2.26. The van der Waals surface area contributed by atoms with E-state index in [1.165, 1.54) is 18.4 Å². The van der Waals surface area contributed by atoms with Gasteiger partial charge in [-0.05, 0) is 11.8 Å². The van der Waals surface area contributed by atoms with Gasteiger partial charge in [0.25, 0.3) is 0 Å². The number of carbonyl (C=O) groups is 1. The molecule has 0 aromatic carbocycles. The van der Waals surface area contributed by atoms with Crippen LogP contribution in [-0.2, 0) is 11.2 Å². The molecule has 0 unspecified atom stereocenters. The number of carbonyl (C=O) groups excluding carboxylic acids is 1. The molecule has 0 spiro atoms. The van der Waals surface area contributed by atoms with Gasteiger partial charge in [0.2, 0.25) is 0 Å². The lowest BCUT2D eigenvalue weighted by atomic mass is 9.89. The summed E-state index contributed by atoms with van der Waals surface area (Å²) in [5.74, 6) is -0.417. The van der Waals surface area contributed by atoms with Gasteiger partial charge in [-0.25, -0.2) is 9.78 Å². The molecule has 4 nitrogen and oxygen atoms in total. The van der Waals surface area contributed by atoms with Gasteiger partial charge in [0, 0.05) is 11.5 Å². The highest BCUT2D eigenvalue weighted by molar-refractivity contribution is 7.09. The second-order valence-corrected chi connectivity index (χ2v) is 5.05. The number of esters is 1. The minimum Gasteiger partial charge on any atom is -0.464 e. The number of ether oxygens (including phenoxy) is 1. The van der Waals surface area contributed by atoms with E-state index in [1.54, 1.807) is 5.51 Å². The molecule has 0 bridgehead atoms. The Hall–Kier alpha value is -0.940. The van der Waals surface area contributed by atoms with E-state index in [1.807, 2.05) is 13.8 Å². The molecule has 1 rings (SSSR count). The smallest absolute Gasteiger partial charge is 0.357 e. The summed E-state index contributed by atoms with van der Waals surface area (Å²) >= 11 is 1.41. The third-order valence-corrected chi connectivity index (χ3v) is 2.92. The van der Waals surface area contributed by atoms with Crippen LogP contribution in [0.5, 0.6) is 0 Å². The molecule has 1 aromatic rings. The van der Waals surface area contributed by atoms with E-state index in [0.29, 0.717) is 12.1 Å². The zero-order valence-corrected chi connectivity index (χ0v) is 9.93. The summed E-state index contributed by atoms with van der Waals surface area (Å²) in [6.07, 6.45) is 0.624. The first-order valence-electron chi connectivity index (χ1n) is 4.62. The molecule has 0 aliphatic carbocycles. The van der Waals surface area contributed by atoms with Gasteiger partial charge < -0.3 is 9.84 Å². The Morgan fingerprint density at radius 1 is 1.67 bits per heavy atom.